The smallest absolute Gasteiger partial charge is 0.0940 e. The van der Waals surface area contributed by atoms with E-state index in [1.807, 2.05) is 0 Å². The normalized spacial score (nSPS) is 12.3. The van der Waals surface area contributed by atoms with Crippen LogP contribution in [0.4, 0.5) is 5.69 Å². The highest BCUT2D eigenvalue weighted by molar-refractivity contribution is 5.95. The zero-order valence-corrected chi connectivity index (χ0v) is 23.4. The molecule has 1 heterocycles. The molecule has 1 atom stereocenters. The van der Waals surface area contributed by atoms with E-state index in [2.05, 4.69) is 144 Å². The fraction of sp³-hybridized carbons (Fsp3) is 0.250. The topological polar surface area (TPSA) is 24.9 Å². The molecule has 1 aromatic heterocycles. The second kappa shape index (κ2) is 10.8. The number of nitrogens with one attached hydrogen (secondary N) is 1. The number of aromatic nitrogens is 1. The first kappa shape index (κ1) is 25.7. The zero-order chi connectivity index (χ0) is 26.8. The lowest BCUT2D eigenvalue weighted by Gasteiger charge is -2.27. The van der Waals surface area contributed by atoms with Crippen molar-refractivity contribution in [2.75, 3.05) is 5.32 Å². The van der Waals surface area contributed by atoms with Gasteiger partial charge in [0.25, 0.3) is 0 Å². The SMILES string of the molecule is Cc1cc(C)cc(C(Nc2c(C(C)C)cccc2C(C)C)c2cccc(-c3cccc4ccccc34)n2)c1. The van der Waals surface area contributed by atoms with Crippen LogP contribution in [0.1, 0.15) is 79.1 Å². The molecule has 0 aliphatic carbocycles. The van der Waals surface area contributed by atoms with Gasteiger partial charge < -0.3 is 5.32 Å². The van der Waals surface area contributed by atoms with E-state index in [0.29, 0.717) is 11.8 Å². The molecule has 0 spiro atoms. The van der Waals surface area contributed by atoms with Gasteiger partial charge in [-0.15, -0.1) is 0 Å². The highest BCUT2D eigenvalue weighted by atomic mass is 15.0. The number of para-hydroxylation sites is 1. The minimum Gasteiger partial charge on any atom is -0.372 e. The van der Waals surface area contributed by atoms with E-state index < -0.39 is 0 Å². The Morgan fingerprint density at radius 1 is 0.632 bits per heavy atom. The molecule has 5 aromatic rings. The molecule has 0 radical (unpaired) electrons. The van der Waals surface area contributed by atoms with Gasteiger partial charge in [0.2, 0.25) is 0 Å². The number of hydrogen-bond donors (Lipinski definition) is 1. The Labute approximate surface area is 227 Å². The summed E-state index contributed by atoms with van der Waals surface area (Å²) >= 11 is 0. The van der Waals surface area contributed by atoms with E-state index in [1.165, 1.54) is 44.3 Å². The van der Waals surface area contributed by atoms with Crippen molar-refractivity contribution in [2.45, 2.75) is 59.4 Å². The summed E-state index contributed by atoms with van der Waals surface area (Å²) in [6, 6.07) is 34.9. The summed E-state index contributed by atoms with van der Waals surface area (Å²) in [6.07, 6.45) is 0. The average molecular weight is 499 g/mol. The summed E-state index contributed by atoms with van der Waals surface area (Å²) in [7, 11) is 0. The standard InChI is InChI=1S/C36H38N2/c1-23(2)29-15-10-16-30(24(3)4)36(29)38-35(28-21-25(5)20-26(6)22-28)34-19-11-18-33(37-34)32-17-9-13-27-12-7-8-14-31(27)32/h7-24,35,38H,1-6H3. The average Bonchev–Trinajstić information content (AvgIpc) is 2.90. The molecule has 38 heavy (non-hydrogen) atoms. The second-order valence-electron chi connectivity index (χ2n) is 11.1. The van der Waals surface area contributed by atoms with E-state index in [9.17, 15) is 0 Å². The molecule has 1 unspecified atom stereocenters. The Hall–Kier alpha value is -3.91. The molecule has 0 amide bonds. The highest BCUT2D eigenvalue weighted by Crippen LogP contribution is 2.37. The molecular formula is C36H38N2. The van der Waals surface area contributed by atoms with E-state index >= 15 is 0 Å². The number of aryl methyl sites for hydroxylation is 2. The van der Waals surface area contributed by atoms with Gasteiger partial charge in [0.1, 0.15) is 0 Å². The third-order valence-electron chi connectivity index (χ3n) is 7.37. The minimum absolute atomic E-state index is 0.0825. The number of rotatable bonds is 7. The Balaban J connectivity index is 1.69. The fourth-order valence-electron chi connectivity index (χ4n) is 5.58. The first-order chi connectivity index (χ1) is 18.3. The molecule has 0 aliphatic heterocycles. The van der Waals surface area contributed by atoms with E-state index in [-0.39, 0.29) is 6.04 Å². The summed E-state index contributed by atoms with van der Waals surface area (Å²) in [5.41, 5.74) is 10.9. The predicted octanol–water partition coefficient (Wildman–Crippen LogP) is 9.97. The maximum atomic E-state index is 5.31. The van der Waals surface area contributed by atoms with Gasteiger partial charge >= 0.3 is 0 Å². The molecule has 2 nitrogen and oxygen atoms in total. The Morgan fingerprint density at radius 3 is 1.92 bits per heavy atom. The van der Waals surface area contributed by atoms with Crippen LogP contribution in [-0.2, 0) is 0 Å². The third kappa shape index (κ3) is 5.22. The van der Waals surface area contributed by atoms with Crippen LogP contribution in [0.15, 0.2) is 97.1 Å². The van der Waals surface area contributed by atoms with Crippen LogP contribution in [0.25, 0.3) is 22.0 Å². The summed E-state index contributed by atoms with van der Waals surface area (Å²) < 4.78 is 0. The van der Waals surface area contributed by atoms with Crippen molar-refractivity contribution in [1.29, 1.82) is 0 Å². The first-order valence-corrected chi connectivity index (χ1v) is 13.7. The molecular weight excluding hydrogens is 460 g/mol. The number of pyridine rings is 1. The van der Waals surface area contributed by atoms with Crippen LogP contribution in [-0.4, -0.2) is 4.98 Å². The largest absolute Gasteiger partial charge is 0.372 e. The van der Waals surface area contributed by atoms with Crippen molar-refractivity contribution in [2.24, 2.45) is 0 Å². The van der Waals surface area contributed by atoms with Gasteiger partial charge in [0, 0.05) is 11.3 Å². The minimum atomic E-state index is -0.0825. The fourth-order valence-corrected chi connectivity index (χ4v) is 5.58. The monoisotopic (exact) mass is 498 g/mol. The van der Waals surface area contributed by atoms with Crippen LogP contribution < -0.4 is 5.32 Å². The lowest BCUT2D eigenvalue weighted by atomic mass is 9.91. The van der Waals surface area contributed by atoms with Crippen molar-refractivity contribution in [3.05, 3.63) is 131 Å². The van der Waals surface area contributed by atoms with Crippen LogP contribution in [0.3, 0.4) is 0 Å². The highest BCUT2D eigenvalue weighted by Gasteiger charge is 2.22. The molecule has 4 aromatic carbocycles. The predicted molar refractivity (Wildman–Crippen MR) is 163 cm³/mol. The Bertz CT molecular complexity index is 1530. The molecule has 0 aliphatic rings. The van der Waals surface area contributed by atoms with Crippen LogP contribution in [0, 0.1) is 13.8 Å². The van der Waals surface area contributed by atoms with Crippen LogP contribution >= 0.6 is 0 Å². The zero-order valence-electron chi connectivity index (χ0n) is 23.4. The molecule has 192 valence electrons. The summed E-state index contributed by atoms with van der Waals surface area (Å²) in [5.74, 6) is 0.817. The van der Waals surface area contributed by atoms with Gasteiger partial charge in [-0.1, -0.05) is 124 Å². The van der Waals surface area contributed by atoms with Crippen molar-refractivity contribution >= 4 is 16.5 Å². The van der Waals surface area contributed by atoms with Crippen LogP contribution in [0.2, 0.25) is 0 Å². The molecule has 0 saturated heterocycles. The number of nitrogens with zero attached hydrogens (tertiary/aromatic N) is 1. The number of fused-ring (bicyclic) bond motifs is 1. The van der Waals surface area contributed by atoms with Gasteiger partial charge in [-0.2, -0.15) is 0 Å². The molecule has 0 saturated carbocycles. The molecule has 0 fully saturated rings. The van der Waals surface area contributed by atoms with Crippen molar-refractivity contribution in [1.82, 2.24) is 4.98 Å². The third-order valence-corrected chi connectivity index (χ3v) is 7.37. The molecule has 2 heteroatoms. The van der Waals surface area contributed by atoms with Gasteiger partial charge in [0.05, 0.1) is 17.4 Å². The van der Waals surface area contributed by atoms with E-state index in [1.54, 1.807) is 0 Å². The maximum absolute atomic E-state index is 5.31. The number of benzene rings is 4. The summed E-state index contributed by atoms with van der Waals surface area (Å²) in [6.45, 7) is 13.4. The first-order valence-electron chi connectivity index (χ1n) is 13.7. The second-order valence-corrected chi connectivity index (χ2v) is 11.1. The van der Waals surface area contributed by atoms with Gasteiger partial charge in [0.15, 0.2) is 0 Å². The Kier molecular flexibility index (Phi) is 7.33. The van der Waals surface area contributed by atoms with E-state index in [4.69, 9.17) is 4.98 Å². The summed E-state index contributed by atoms with van der Waals surface area (Å²) in [5, 5.41) is 6.47. The lowest BCUT2D eigenvalue weighted by Crippen LogP contribution is -2.17. The number of anilines is 1. The molecule has 0 bridgehead atoms. The van der Waals surface area contributed by atoms with Gasteiger partial charge in [-0.25, -0.2) is 0 Å². The van der Waals surface area contributed by atoms with Crippen molar-refractivity contribution in [3.63, 3.8) is 0 Å². The summed E-state index contributed by atoms with van der Waals surface area (Å²) in [4.78, 5) is 5.31. The lowest BCUT2D eigenvalue weighted by molar-refractivity contribution is 0.813. The Morgan fingerprint density at radius 2 is 1.24 bits per heavy atom. The molecule has 5 rings (SSSR count). The van der Waals surface area contributed by atoms with E-state index in [0.717, 1.165) is 17.0 Å². The maximum Gasteiger partial charge on any atom is 0.0940 e. The quantitative estimate of drug-likeness (QED) is 0.241. The molecule has 1 N–H and O–H groups in total. The van der Waals surface area contributed by atoms with Crippen molar-refractivity contribution < 1.29 is 0 Å². The van der Waals surface area contributed by atoms with Crippen LogP contribution in [0.5, 0.6) is 0 Å². The van der Waals surface area contributed by atoms with Crippen molar-refractivity contribution in [3.8, 4) is 11.3 Å². The van der Waals surface area contributed by atoms with Gasteiger partial charge in [-0.05, 0) is 65.3 Å². The number of hydrogen-bond acceptors (Lipinski definition) is 2. The van der Waals surface area contributed by atoms with Gasteiger partial charge in [-0.3, -0.25) is 4.98 Å².